The van der Waals surface area contributed by atoms with E-state index in [-0.39, 0.29) is 18.6 Å². The topological polar surface area (TPSA) is 96.5 Å². The van der Waals surface area contributed by atoms with Crippen molar-refractivity contribution in [2.24, 2.45) is 5.41 Å². The van der Waals surface area contributed by atoms with Crippen LogP contribution in [-0.2, 0) is 9.53 Å². The summed E-state index contributed by atoms with van der Waals surface area (Å²) in [7, 11) is 3.78. The average molecular weight is 538 g/mol. The number of ether oxygens (including phenoxy) is 2. The zero-order chi connectivity index (χ0) is 28.6. The van der Waals surface area contributed by atoms with Gasteiger partial charge in [0.1, 0.15) is 24.7 Å². The number of fused-ring (bicyclic) bond motifs is 1. The molecule has 0 spiro atoms. The van der Waals surface area contributed by atoms with E-state index >= 15 is 0 Å². The summed E-state index contributed by atoms with van der Waals surface area (Å²) in [4.78, 5) is 17.3. The Balaban J connectivity index is 1.72. The maximum absolute atomic E-state index is 12.7. The van der Waals surface area contributed by atoms with Crippen LogP contribution < -0.4 is 26.0 Å². The van der Waals surface area contributed by atoms with Crippen molar-refractivity contribution in [3.05, 3.63) is 58.6 Å². The number of rotatable bonds is 13. The molecular formula is C31H47N5O3. The Bertz CT molecular complexity index is 1140. The number of allylic oxidation sites excluding steroid dienone is 6. The van der Waals surface area contributed by atoms with Gasteiger partial charge < -0.3 is 30.7 Å². The van der Waals surface area contributed by atoms with Gasteiger partial charge in [0.05, 0.1) is 6.10 Å². The quantitative estimate of drug-likeness (QED) is 0.267. The number of amides is 1. The average Bonchev–Trinajstić information content (AvgIpc) is 2.90. The molecule has 0 bridgehead atoms. The Kier molecular flexibility index (Phi) is 10.8. The van der Waals surface area contributed by atoms with Crippen LogP contribution in [0.5, 0.6) is 5.88 Å². The van der Waals surface area contributed by atoms with Gasteiger partial charge in [-0.3, -0.25) is 4.79 Å². The van der Waals surface area contributed by atoms with Gasteiger partial charge in [0.15, 0.2) is 0 Å². The zero-order valence-electron chi connectivity index (χ0n) is 24.8. The minimum atomic E-state index is -0.177. The molecule has 0 aromatic carbocycles. The third kappa shape index (κ3) is 7.73. The summed E-state index contributed by atoms with van der Waals surface area (Å²) in [5, 5.41) is 12.7. The molecule has 1 aliphatic carbocycles. The molecule has 8 heteroatoms. The number of carbonyl (C=O) groups is 1. The molecule has 0 unspecified atom stereocenters. The van der Waals surface area contributed by atoms with E-state index in [0.717, 1.165) is 77.9 Å². The van der Waals surface area contributed by atoms with Crippen LogP contribution in [0.25, 0.3) is 5.57 Å². The van der Waals surface area contributed by atoms with E-state index in [2.05, 4.69) is 66.6 Å². The standard InChI is InChI=1S/C31H47N5O3/c1-9-31(10-11-32-7)16-24(17-31)39-19-28(37)36-27(33-8)15-23(20(2)3)14-25(21(4)5)26-18-35-30-29(22(26)6)34-12-13-38-30/h14-15,18,24,32-34H,2,9-13,16-17,19H2,1,3-8H3,(H,36,37)/b23-14-,27-15+. The summed E-state index contributed by atoms with van der Waals surface area (Å²) in [6.45, 7) is 17.0. The Morgan fingerprint density at radius 1 is 1.28 bits per heavy atom. The smallest absolute Gasteiger partial charge is 0.251 e. The van der Waals surface area contributed by atoms with Crippen LogP contribution in [-0.4, -0.2) is 57.4 Å². The molecule has 39 heavy (non-hydrogen) atoms. The fourth-order valence-corrected chi connectivity index (χ4v) is 5.22. The first-order valence-electron chi connectivity index (χ1n) is 14.0. The maximum atomic E-state index is 12.7. The van der Waals surface area contributed by atoms with Crippen molar-refractivity contribution < 1.29 is 14.3 Å². The lowest BCUT2D eigenvalue weighted by Crippen LogP contribution is -2.45. The summed E-state index contributed by atoms with van der Waals surface area (Å²) in [5.41, 5.74) is 7.37. The number of anilines is 1. The number of aromatic nitrogens is 1. The van der Waals surface area contributed by atoms with Gasteiger partial charge in [0, 0.05) is 25.4 Å². The summed E-state index contributed by atoms with van der Waals surface area (Å²) in [5.74, 6) is 1.05. The van der Waals surface area contributed by atoms with E-state index in [1.807, 2.05) is 26.2 Å². The molecule has 8 nitrogen and oxygen atoms in total. The van der Waals surface area contributed by atoms with Crippen molar-refractivity contribution in [1.82, 2.24) is 20.9 Å². The fraction of sp³-hybridized carbons (Fsp3) is 0.548. The van der Waals surface area contributed by atoms with Crippen LogP contribution in [0, 0.1) is 12.3 Å². The highest BCUT2D eigenvalue weighted by Gasteiger charge is 2.42. The van der Waals surface area contributed by atoms with Crippen LogP contribution in [0.4, 0.5) is 5.69 Å². The maximum Gasteiger partial charge on any atom is 0.251 e. The second-order valence-electron chi connectivity index (χ2n) is 11.0. The lowest BCUT2D eigenvalue weighted by Gasteiger charge is -2.47. The second kappa shape index (κ2) is 13.8. The first-order chi connectivity index (χ1) is 18.6. The normalized spacial score (nSPS) is 20.6. The SMILES string of the molecule is C=C(C)C(=C\C(=C(C)C)c1cnc2c(c1C)NCCO2)/C=C(\NC)NC(=O)COC1CC(CC)(CCNC)C1. The minimum absolute atomic E-state index is 0.0376. The van der Waals surface area contributed by atoms with Crippen LogP contribution >= 0.6 is 0 Å². The molecule has 0 saturated heterocycles. The summed E-state index contributed by atoms with van der Waals surface area (Å²) >= 11 is 0. The van der Waals surface area contributed by atoms with Gasteiger partial charge in [-0.2, -0.15) is 0 Å². The van der Waals surface area contributed by atoms with Crippen LogP contribution in [0.3, 0.4) is 0 Å². The molecule has 1 fully saturated rings. The molecule has 214 valence electrons. The zero-order valence-corrected chi connectivity index (χ0v) is 24.8. The van der Waals surface area contributed by atoms with Crippen LogP contribution in [0.1, 0.15) is 64.5 Å². The Labute approximate surface area is 234 Å². The number of hydrogen-bond acceptors (Lipinski definition) is 7. The summed E-state index contributed by atoms with van der Waals surface area (Å²) in [6.07, 6.45) is 10.3. The van der Waals surface area contributed by atoms with Crippen molar-refractivity contribution in [1.29, 1.82) is 0 Å². The molecule has 0 radical (unpaired) electrons. The molecule has 2 aliphatic rings. The minimum Gasteiger partial charge on any atom is -0.474 e. The fourth-order valence-electron chi connectivity index (χ4n) is 5.22. The monoisotopic (exact) mass is 537 g/mol. The van der Waals surface area contributed by atoms with Gasteiger partial charge >= 0.3 is 0 Å². The number of hydrogen-bond donors (Lipinski definition) is 4. The predicted octanol–water partition coefficient (Wildman–Crippen LogP) is 4.85. The molecule has 0 atom stereocenters. The van der Waals surface area contributed by atoms with Crippen molar-refractivity contribution in [2.45, 2.75) is 66.4 Å². The molecule has 1 aromatic heterocycles. The third-order valence-electron chi connectivity index (χ3n) is 7.84. The van der Waals surface area contributed by atoms with E-state index in [0.29, 0.717) is 23.7 Å². The molecular weight excluding hydrogens is 490 g/mol. The lowest BCUT2D eigenvalue weighted by atomic mass is 9.63. The number of pyridine rings is 1. The Hall–Kier alpha value is -3.10. The number of nitrogens with zero attached hydrogens (tertiary/aromatic N) is 1. The van der Waals surface area contributed by atoms with E-state index < -0.39 is 0 Å². The van der Waals surface area contributed by atoms with Gasteiger partial charge in [-0.05, 0) is 94.8 Å². The number of carbonyl (C=O) groups excluding carboxylic acids is 1. The number of nitrogens with one attached hydrogen (secondary N) is 4. The highest BCUT2D eigenvalue weighted by Crippen LogP contribution is 2.48. The molecule has 1 aliphatic heterocycles. The van der Waals surface area contributed by atoms with Gasteiger partial charge in [0.25, 0.3) is 5.91 Å². The molecule has 2 heterocycles. The van der Waals surface area contributed by atoms with Gasteiger partial charge in [-0.25, -0.2) is 4.98 Å². The van der Waals surface area contributed by atoms with Gasteiger partial charge in [0.2, 0.25) is 5.88 Å². The van der Waals surface area contributed by atoms with Crippen LogP contribution in [0.15, 0.2) is 47.5 Å². The van der Waals surface area contributed by atoms with Crippen molar-refractivity contribution in [3.63, 3.8) is 0 Å². The highest BCUT2D eigenvalue weighted by molar-refractivity contribution is 5.83. The van der Waals surface area contributed by atoms with E-state index in [1.165, 1.54) is 0 Å². The largest absolute Gasteiger partial charge is 0.474 e. The van der Waals surface area contributed by atoms with E-state index in [9.17, 15) is 4.79 Å². The predicted molar refractivity (Wildman–Crippen MR) is 160 cm³/mol. The first kappa shape index (κ1) is 30.4. The Morgan fingerprint density at radius 3 is 2.64 bits per heavy atom. The first-order valence-corrected chi connectivity index (χ1v) is 14.0. The third-order valence-corrected chi connectivity index (χ3v) is 7.84. The lowest BCUT2D eigenvalue weighted by molar-refractivity contribution is -0.135. The van der Waals surface area contributed by atoms with E-state index in [4.69, 9.17) is 9.47 Å². The van der Waals surface area contributed by atoms with Gasteiger partial charge in [-0.15, -0.1) is 0 Å². The summed E-state index contributed by atoms with van der Waals surface area (Å²) in [6, 6.07) is 0. The van der Waals surface area contributed by atoms with Crippen molar-refractivity contribution >= 4 is 17.2 Å². The highest BCUT2D eigenvalue weighted by atomic mass is 16.5. The molecule has 1 saturated carbocycles. The van der Waals surface area contributed by atoms with E-state index in [1.54, 1.807) is 7.05 Å². The van der Waals surface area contributed by atoms with Crippen LogP contribution in [0.2, 0.25) is 0 Å². The second-order valence-corrected chi connectivity index (χ2v) is 11.0. The molecule has 1 amide bonds. The molecule has 4 N–H and O–H groups in total. The molecule has 1 aromatic rings. The van der Waals surface area contributed by atoms with Gasteiger partial charge in [-0.1, -0.05) is 31.1 Å². The van der Waals surface area contributed by atoms with Crippen molar-refractivity contribution in [2.75, 3.05) is 45.7 Å². The van der Waals surface area contributed by atoms with Crippen molar-refractivity contribution in [3.8, 4) is 5.88 Å². The summed E-state index contributed by atoms with van der Waals surface area (Å²) < 4.78 is 11.6. The molecule has 3 rings (SSSR count). The Morgan fingerprint density at radius 2 is 2.03 bits per heavy atom.